The molecule has 9 heteroatoms. The molecule has 4 rings (SSSR count). The number of anilines is 3. The maximum atomic E-state index is 13.0. The van der Waals surface area contributed by atoms with Crippen molar-refractivity contribution in [1.29, 1.82) is 0 Å². The van der Waals surface area contributed by atoms with E-state index in [2.05, 4.69) is 20.7 Å². The van der Waals surface area contributed by atoms with Gasteiger partial charge in [0.05, 0.1) is 7.11 Å². The van der Waals surface area contributed by atoms with E-state index in [1.807, 2.05) is 39.0 Å². The van der Waals surface area contributed by atoms with Gasteiger partial charge in [0, 0.05) is 23.1 Å². The van der Waals surface area contributed by atoms with E-state index in [1.165, 1.54) is 9.96 Å². The van der Waals surface area contributed by atoms with E-state index in [4.69, 9.17) is 4.74 Å². The lowest BCUT2D eigenvalue weighted by atomic mass is 10.1. The van der Waals surface area contributed by atoms with Crippen LogP contribution in [-0.2, 0) is 11.3 Å². The molecule has 0 aliphatic heterocycles. The number of amides is 1. The molecule has 0 saturated heterocycles. The number of methoxy groups -OCH3 is 1. The number of fused-ring (bicyclic) bond motifs is 1. The van der Waals surface area contributed by atoms with E-state index in [0.29, 0.717) is 28.7 Å². The Kier molecular flexibility index (Phi) is 5.63. The molecule has 9 nitrogen and oxygen atoms in total. The Morgan fingerprint density at radius 2 is 1.72 bits per heavy atom. The zero-order valence-corrected chi connectivity index (χ0v) is 18.3. The van der Waals surface area contributed by atoms with Crippen molar-refractivity contribution in [2.24, 2.45) is 0 Å². The molecular weight excluding hydrogens is 408 g/mol. The van der Waals surface area contributed by atoms with Gasteiger partial charge in [-0.3, -0.25) is 4.79 Å². The Labute approximate surface area is 184 Å². The normalized spacial score (nSPS) is 10.9. The average molecular weight is 432 g/mol. The van der Waals surface area contributed by atoms with Gasteiger partial charge in [-0.05, 0) is 68.3 Å². The number of hydrogen-bond donors (Lipinski definition) is 2. The first-order valence-electron chi connectivity index (χ1n) is 10.1. The molecule has 0 aliphatic rings. The predicted octanol–water partition coefficient (Wildman–Crippen LogP) is 3.21. The van der Waals surface area contributed by atoms with Gasteiger partial charge in [0.15, 0.2) is 5.65 Å². The van der Waals surface area contributed by atoms with Crippen molar-refractivity contribution in [2.75, 3.05) is 17.7 Å². The van der Waals surface area contributed by atoms with Crippen LogP contribution in [0.4, 0.5) is 17.3 Å². The van der Waals surface area contributed by atoms with Gasteiger partial charge in [-0.2, -0.15) is 0 Å². The van der Waals surface area contributed by atoms with Crippen molar-refractivity contribution in [3.63, 3.8) is 0 Å². The second kappa shape index (κ2) is 8.54. The van der Waals surface area contributed by atoms with Crippen LogP contribution in [0.3, 0.4) is 0 Å². The summed E-state index contributed by atoms with van der Waals surface area (Å²) in [5.74, 6) is 0.662. The van der Waals surface area contributed by atoms with Crippen molar-refractivity contribution in [3.8, 4) is 5.75 Å². The van der Waals surface area contributed by atoms with Gasteiger partial charge in [-0.1, -0.05) is 6.07 Å². The summed E-state index contributed by atoms with van der Waals surface area (Å²) in [5.41, 5.74) is 4.35. The molecule has 0 bridgehead atoms. The van der Waals surface area contributed by atoms with Crippen LogP contribution < -0.4 is 21.1 Å². The van der Waals surface area contributed by atoms with Crippen LogP contribution in [0, 0.1) is 20.8 Å². The van der Waals surface area contributed by atoms with Gasteiger partial charge in [0.25, 0.3) is 0 Å². The van der Waals surface area contributed by atoms with Gasteiger partial charge in [0.2, 0.25) is 11.9 Å². The molecule has 1 amide bonds. The molecule has 0 fully saturated rings. The maximum absolute atomic E-state index is 13.0. The number of rotatable bonds is 6. The lowest BCUT2D eigenvalue weighted by Gasteiger charge is -2.09. The molecule has 0 unspecified atom stereocenters. The Morgan fingerprint density at radius 1 is 1.00 bits per heavy atom. The van der Waals surface area contributed by atoms with Crippen LogP contribution in [0.25, 0.3) is 5.65 Å². The number of carbonyl (C=O) groups excluding carboxylic acids is 1. The monoisotopic (exact) mass is 432 g/mol. The highest BCUT2D eigenvalue weighted by Gasteiger charge is 2.16. The molecule has 2 N–H and O–H groups in total. The zero-order chi connectivity index (χ0) is 22.8. The maximum Gasteiger partial charge on any atom is 0.353 e. The van der Waals surface area contributed by atoms with Gasteiger partial charge >= 0.3 is 5.69 Å². The number of aromatic nitrogens is 4. The highest BCUT2D eigenvalue weighted by molar-refractivity contribution is 5.90. The van der Waals surface area contributed by atoms with Crippen LogP contribution in [0.5, 0.6) is 5.75 Å². The lowest BCUT2D eigenvalue weighted by Crippen LogP contribution is -2.29. The Bertz CT molecular complexity index is 1350. The third kappa shape index (κ3) is 4.31. The van der Waals surface area contributed by atoms with E-state index in [-0.39, 0.29) is 12.5 Å². The largest absolute Gasteiger partial charge is 0.497 e. The molecule has 0 atom stereocenters. The van der Waals surface area contributed by atoms with Crippen molar-refractivity contribution in [2.45, 2.75) is 27.3 Å². The van der Waals surface area contributed by atoms with Gasteiger partial charge in [-0.15, -0.1) is 5.10 Å². The summed E-state index contributed by atoms with van der Waals surface area (Å²) in [4.78, 5) is 30.0. The summed E-state index contributed by atoms with van der Waals surface area (Å²) < 4.78 is 7.60. The lowest BCUT2D eigenvalue weighted by molar-refractivity contribution is -0.117. The second-order valence-corrected chi connectivity index (χ2v) is 7.56. The minimum atomic E-state index is -0.455. The number of nitrogens with zero attached hydrogens (tertiary/aromatic N) is 4. The molecule has 32 heavy (non-hydrogen) atoms. The van der Waals surface area contributed by atoms with Crippen LogP contribution in [0.1, 0.15) is 16.8 Å². The van der Waals surface area contributed by atoms with Crippen molar-refractivity contribution in [1.82, 2.24) is 19.2 Å². The Hall–Kier alpha value is -4.14. The fraction of sp³-hybridized carbons (Fsp3) is 0.217. The van der Waals surface area contributed by atoms with E-state index >= 15 is 0 Å². The topological polar surface area (TPSA) is 103 Å². The first-order valence-corrected chi connectivity index (χ1v) is 10.1. The SMILES string of the molecule is COc1ccc(NC(=O)Cn2nc3cc(C)nc(Nc4ccc(C)c(C)c4)n3c2=O)cc1. The first-order chi connectivity index (χ1) is 15.3. The molecule has 0 radical (unpaired) electrons. The van der Waals surface area contributed by atoms with Gasteiger partial charge in [0.1, 0.15) is 12.3 Å². The summed E-state index contributed by atoms with van der Waals surface area (Å²) >= 11 is 0. The molecule has 0 spiro atoms. The third-order valence-electron chi connectivity index (χ3n) is 5.13. The van der Waals surface area contributed by atoms with Crippen LogP contribution in [0.15, 0.2) is 53.3 Å². The van der Waals surface area contributed by atoms with E-state index in [9.17, 15) is 9.59 Å². The summed E-state index contributed by atoms with van der Waals surface area (Å²) in [6.07, 6.45) is 0. The molecule has 0 saturated carbocycles. The minimum Gasteiger partial charge on any atom is -0.497 e. The average Bonchev–Trinajstić information content (AvgIpc) is 3.06. The van der Waals surface area contributed by atoms with E-state index in [0.717, 1.165) is 15.9 Å². The fourth-order valence-electron chi connectivity index (χ4n) is 3.30. The smallest absolute Gasteiger partial charge is 0.353 e. The van der Waals surface area contributed by atoms with Crippen molar-refractivity contribution in [3.05, 3.63) is 75.8 Å². The molecule has 2 aromatic carbocycles. The number of benzene rings is 2. The number of aryl methyl sites for hydroxylation is 3. The highest BCUT2D eigenvalue weighted by Crippen LogP contribution is 2.19. The molecular formula is C23H24N6O3. The molecule has 2 aromatic heterocycles. The van der Waals surface area contributed by atoms with Crippen LogP contribution in [-0.4, -0.2) is 32.2 Å². The summed E-state index contributed by atoms with van der Waals surface area (Å²) in [7, 11) is 1.57. The minimum absolute atomic E-state index is 0.228. The molecule has 2 heterocycles. The van der Waals surface area contributed by atoms with Gasteiger partial charge < -0.3 is 15.4 Å². The number of carbonyl (C=O) groups is 1. The second-order valence-electron chi connectivity index (χ2n) is 7.56. The molecule has 0 aliphatic carbocycles. The van der Waals surface area contributed by atoms with Crippen LogP contribution >= 0.6 is 0 Å². The third-order valence-corrected chi connectivity index (χ3v) is 5.13. The van der Waals surface area contributed by atoms with Crippen molar-refractivity contribution < 1.29 is 9.53 Å². The van der Waals surface area contributed by atoms with Crippen molar-refractivity contribution >= 4 is 28.9 Å². The molecule has 164 valence electrons. The Balaban J connectivity index is 1.61. The highest BCUT2D eigenvalue weighted by atomic mass is 16.5. The standard InChI is InChI=1S/C23H24N6O3/c1-14-5-6-18(11-15(14)2)26-22-24-16(3)12-20-27-28(23(31)29(20)22)13-21(30)25-17-7-9-19(32-4)10-8-17/h5-12H,13H2,1-4H3,(H,24,26)(H,25,30). The zero-order valence-electron chi connectivity index (χ0n) is 18.3. The van der Waals surface area contributed by atoms with Gasteiger partial charge in [-0.25, -0.2) is 18.9 Å². The number of hydrogen-bond acceptors (Lipinski definition) is 6. The summed E-state index contributed by atoms with van der Waals surface area (Å²) in [5, 5.41) is 10.3. The first kappa shape index (κ1) is 21.1. The quantitative estimate of drug-likeness (QED) is 0.485. The van der Waals surface area contributed by atoms with E-state index < -0.39 is 5.69 Å². The summed E-state index contributed by atoms with van der Waals surface area (Å²) in [6, 6.07) is 14.5. The molecule has 4 aromatic rings. The number of nitrogens with one attached hydrogen (secondary N) is 2. The predicted molar refractivity (Wildman–Crippen MR) is 123 cm³/mol. The number of ether oxygens (including phenoxy) is 1. The Morgan fingerprint density at radius 3 is 2.41 bits per heavy atom. The fourth-order valence-corrected chi connectivity index (χ4v) is 3.30. The van der Waals surface area contributed by atoms with Crippen LogP contribution in [0.2, 0.25) is 0 Å². The summed E-state index contributed by atoms with van der Waals surface area (Å²) in [6.45, 7) is 5.65. The van der Waals surface area contributed by atoms with E-state index in [1.54, 1.807) is 37.4 Å².